The van der Waals surface area contributed by atoms with E-state index >= 15 is 0 Å². The zero-order valence-corrected chi connectivity index (χ0v) is 35.2. The predicted octanol–water partition coefficient (Wildman–Crippen LogP) is 5.00. The molecular weight excluding hydrogens is 807 g/mol. The van der Waals surface area contributed by atoms with Crippen molar-refractivity contribution in [3.8, 4) is 16.5 Å². The number of hydrogen-bond acceptors (Lipinski definition) is 12. The van der Waals surface area contributed by atoms with Gasteiger partial charge in [0.15, 0.2) is 0 Å². The van der Waals surface area contributed by atoms with E-state index in [9.17, 15) is 27.6 Å². The maximum Gasteiger partial charge on any atom is 0.408 e. The summed E-state index contributed by atoms with van der Waals surface area (Å²) in [6.45, 7) is 0.732. The van der Waals surface area contributed by atoms with Gasteiger partial charge in [0, 0.05) is 29.8 Å². The summed E-state index contributed by atoms with van der Waals surface area (Å²) < 4.78 is 40.6. The number of hydrogen-bond donors (Lipinski definition) is 4. The van der Waals surface area contributed by atoms with E-state index in [1.54, 1.807) is 11.3 Å². The molecule has 5 atom stereocenters. The quantitative estimate of drug-likeness (QED) is 0.190. The summed E-state index contributed by atoms with van der Waals surface area (Å²) in [5.74, 6) is -2.01. The van der Waals surface area contributed by atoms with Gasteiger partial charge >= 0.3 is 6.09 Å². The van der Waals surface area contributed by atoms with Crippen LogP contribution in [0.4, 0.5) is 4.79 Å². The van der Waals surface area contributed by atoms with Crippen molar-refractivity contribution in [2.75, 3.05) is 6.54 Å². The van der Waals surface area contributed by atoms with Crippen molar-refractivity contribution in [3.63, 3.8) is 0 Å². The standard InChI is InChI=1S/C43H53N7O8S2/c51-38-35-22-29(57-39-37(45-32-13-8-9-14-33(32)46-39)36-21-18-30(59-36)24-44-27-16-17-27)25-50(35)40(52)34(47-42(54)58-28-11-6-7-12-28)15-5-3-1-2-4-10-26-23-43(26,48-38)41(53)49-60(55,56)31-19-20-31/h4,8-10,13-14,18,21,26-29,31,34-35,44H,1-3,5-7,11-12,15-17,19-20,22-25H2,(H,47,54)(H,48,51)(H,49,53)/b10-4-/t26?,29-,34-,35+,43-/m1/s1. The Balaban J connectivity index is 1.02. The first kappa shape index (κ1) is 40.8. The molecule has 4 heterocycles. The SMILES string of the molecule is O=C(N[C@@H]1CCCCC/C=C\C2C[C@@]2(C(=O)NS(=O)(=O)C2CC2)NC(=O)[C@@H]2C[C@@H](Oc3nc4ccccc4nc3-c3ccc(CNC4CC4)s3)CN2C1=O)OC1CCCC1. The van der Waals surface area contributed by atoms with Crippen molar-refractivity contribution in [3.05, 3.63) is 53.4 Å². The summed E-state index contributed by atoms with van der Waals surface area (Å²) in [5.41, 5.74) is 0.357. The van der Waals surface area contributed by atoms with E-state index in [-0.39, 0.29) is 31.4 Å². The highest BCUT2D eigenvalue weighted by atomic mass is 32.2. The number of para-hydroxylation sites is 2. The molecule has 60 heavy (non-hydrogen) atoms. The average molecular weight is 860 g/mol. The van der Waals surface area contributed by atoms with Crippen LogP contribution in [0.1, 0.15) is 101 Å². The van der Waals surface area contributed by atoms with Crippen molar-refractivity contribution in [1.29, 1.82) is 0 Å². The van der Waals surface area contributed by atoms with Gasteiger partial charge in [-0.3, -0.25) is 19.1 Å². The van der Waals surface area contributed by atoms with E-state index in [1.165, 1.54) is 17.7 Å². The summed E-state index contributed by atoms with van der Waals surface area (Å²) in [7, 11) is -3.90. The number of carbonyl (C=O) groups excluding carboxylic acids is 4. The number of benzene rings is 1. The van der Waals surface area contributed by atoms with E-state index in [2.05, 4.69) is 26.7 Å². The summed E-state index contributed by atoms with van der Waals surface area (Å²) in [6, 6.07) is 10.0. The fraction of sp³-hybridized carbons (Fsp3) is 0.581. The monoisotopic (exact) mass is 859 g/mol. The first-order valence-corrected chi connectivity index (χ1v) is 24.0. The number of aromatic nitrogens is 2. The summed E-state index contributed by atoms with van der Waals surface area (Å²) >= 11 is 1.60. The van der Waals surface area contributed by atoms with Crippen LogP contribution in [0.15, 0.2) is 48.6 Å². The normalized spacial score (nSPS) is 28.2. The number of carbonyl (C=O) groups is 4. The number of rotatable bonds is 11. The van der Waals surface area contributed by atoms with Gasteiger partial charge in [0.25, 0.3) is 5.91 Å². The van der Waals surface area contributed by atoms with Gasteiger partial charge in [-0.15, -0.1) is 11.3 Å². The Hall–Kier alpha value is -4.61. The topological polar surface area (TPSA) is 198 Å². The molecule has 6 aliphatic rings. The number of sulfonamides is 1. The first-order valence-electron chi connectivity index (χ1n) is 21.6. The lowest BCUT2D eigenvalue weighted by Gasteiger charge is -2.30. The van der Waals surface area contributed by atoms with Crippen LogP contribution in [0.5, 0.6) is 5.88 Å². The molecule has 2 aromatic heterocycles. The third-order valence-electron chi connectivity index (χ3n) is 12.6. The first-order chi connectivity index (χ1) is 29.0. The van der Waals surface area contributed by atoms with Crippen LogP contribution < -0.4 is 25.4 Å². The van der Waals surface area contributed by atoms with Crippen LogP contribution in [-0.2, 0) is 35.7 Å². The smallest absolute Gasteiger partial charge is 0.408 e. The van der Waals surface area contributed by atoms with E-state index in [1.807, 2.05) is 42.5 Å². The van der Waals surface area contributed by atoms with Gasteiger partial charge in [0.05, 0.1) is 27.7 Å². The summed E-state index contributed by atoms with van der Waals surface area (Å²) in [6.07, 6.45) is 12.6. The van der Waals surface area contributed by atoms with Crippen LogP contribution in [0.2, 0.25) is 0 Å². The Morgan fingerprint density at radius 2 is 1.68 bits per heavy atom. The minimum Gasteiger partial charge on any atom is -0.471 e. The van der Waals surface area contributed by atoms with Gasteiger partial charge in [-0.2, -0.15) is 0 Å². The zero-order chi connectivity index (χ0) is 41.4. The molecule has 17 heteroatoms. The predicted molar refractivity (Wildman–Crippen MR) is 224 cm³/mol. The van der Waals surface area contributed by atoms with Crippen molar-refractivity contribution in [2.24, 2.45) is 5.92 Å². The number of thiophene rings is 1. The highest BCUT2D eigenvalue weighted by Gasteiger charge is 2.62. The minimum absolute atomic E-state index is 0.0136. The van der Waals surface area contributed by atoms with E-state index in [4.69, 9.17) is 19.4 Å². The van der Waals surface area contributed by atoms with Crippen LogP contribution in [0.25, 0.3) is 21.6 Å². The van der Waals surface area contributed by atoms with Crippen LogP contribution >= 0.6 is 11.3 Å². The number of nitrogens with one attached hydrogen (secondary N) is 4. The van der Waals surface area contributed by atoms with Crippen molar-refractivity contribution in [1.82, 2.24) is 35.5 Å². The maximum atomic E-state index is 14.8. The lowest BCUT2D eigenvalue weighted by atomic mass is 10.0. The lowest BCUT2D eigenvalue weighted by molar-refractivity contribution is -0.141. The Morgan fingerprint density at radius 3 is 2.45 bits per heavy atom. The largest absolute Gasteiger partial charge is 0.471 e. The van der Waals surface area contributed by atoms with Gasteiger partial charge in [0.2, 0.25) is 27.7 Å². The second-order valence-electron chi connectivity index (χ2n) is 17.3. The Bertz CT molecular complexity index is 2270. The molecule has 4 aliphatic carbocycles. The second-order valence-corrected chi connectivity index (χ2v) is 20.4. The molecule has 320 valence electrons. The fourth-order valence-corrected chi connectivity index (χ4v) is 11.0. The molecule has 9 rings (SSSR count). The van der Waals surface area contributed by atoms with Crippen molar-refractivity contribution in [2.45, 2.75) is 144 Å². The summed E-state index contributed by atoms with van der Waals surface area (Å²) in [5, 5.41) is 8.70. The molecule has 4 saturated carbocycles. The van der Waals surface area contributed by atoms with Gasteiger partial charge in [-0.05, 0) is 101 Å². The molecule has 4 N–H and O–H groups in total. The maximum absolute atomic E-state index is 14.8. The highest BCUT2D eigenvalue weighted by Crippen LogP contribution is 2.46. The molecule has 15 nitrogen and oxygen atoms in total. The second kappa shape index (κ2) is 17.0. The molecule has 1 aromatic carbocycles. The van der Waals surface area contributed by atoms with Crippen LogP contribution in [0, 0.1) is 5.92 Å². The number of amides is 4. The third kappa shape index (κ3) is 9.17. The van der Waals surface area contributed by atoms with Gasteiger partial charge in [-0.1, -0.05) is 37.1 Å². The molecule has 1 saturated heterocycles. The van der Waals surface area contributed by atoms with Crippen molar-refractivity contribution >= 4 is 56.2 Å². The van der Waals surface area contributed by atoms with E-state index < -0.39 is 68.7 Å². The highest BCUT2D eigenvalue weighted by molar-refractivity contribution is 7.91. The van der Waals surface area contributed by atoms with E-state index in [0.717, 1.165) is 54.8 Å². The molecule has 4 amide bonds. The fourth-order valence-electron chi connectivity index (χ4n) is 8.70. The molecule has 0 bridgehead atoms. The molecule has 5 fully saturated rings. The lowest BCUT2D eigenvalue weighted by Crippen LogP contribution is -2.58. The Morgan fingerprint density at radius 1 is 0.917 bits per heavy atom. The summed E-state index contributed by atoms with van der Waals surface area (Å²) in [4.78, 5) is 69.8. The Kier molecular flexibility index (Phi) is 11.6. The zero-order valence-electron chi connectivity index (χ0n) is 33.6. The molecule has 0 spiro atoms. The number of alkyl carbamates (subject to hydrolysis) is 1. The molecular formula is C43H53N7O8S2. The third-order valence-corrected chi connectivity index (χ3v) is 15.5. The van der Waals surface area contributed by atoms with Gasteiger partial charge in [0.1, 0.15) is 35.5 Å². The number of fused-ring (bicyclic) bond motifs is 3. The minimum atomic E-state index is -3.90. The Labute approximate surface area is 353 Å². The van der Waals surface area contributed by atoms with Gasteiger partial charge < -0.3 is 30.3 Å². The number of nitrogens with zero attached hydrogens (tertiary/aromatic N) is 3. The van der Waals surface area contributed by atoms with Crippen LogP contribution in [0.3, 0.4) is 0 Å². The number of allylic oxidation sites excluding steroid dienone is 1. The van der Waals surface area contributed by atoms with Crippen molar-refractivity contribution < 1.29 is 37.1 Å². The molecule has 3 aromatic rings. The molecule has 0 radical (unpaired) electrons. The number of ether oxygens (including phenoxy) is 2. The average Bonchev–Trinajstić information content (AvgIpc) is 4.20. The molecule has 1 unspecified atom stereocenters. The van der Waals surface area contributed by atoms with Gasteiger partial charge in [-0.25, -0.2) is 23.2 Å². The molecule has 2 aliphatic heterocycles. The van der Waals surface area contributed by atoms with Crippen LogP contribution in [-0.4, -0.2) is 94.8 Å². The van der Waals surface area contributed by atoms with E-state index in [0.29, 0.717) is 54.9 Å².